The summed E-state index contributed by atoms with van der Waals surface area (Å²) in [6.07, 6.45) is 3.17. The van der Waals surface area contributed by atoms with Gasteiger partial charge in [-0.15, -0.1) is 11.3 Å². The molecule has 1 aromatic heterocycles. The number of phenolic OH excluding ortho intramolecular Hbond substituents is 1. The second-order valence-corrected chi connectivity index (χ2v) is 4.89. The molecule has 5 heteroatoms. The first kappa shape index (κ1) is 12.7. The van der Waals surface area contributed by atoms with Gasteiger partial charge in [0.25, 0.3) is 0 Å². The van der Waals surface area contributed by atoms with E-state index in [0.29, 0.717) is 5.69 Å². The van der Waals surface area contributed by atoms with E-state index >= 15 is 0 Å². The van der Waals surface area contributed by atoms with Gasteiger partial charge < -0.3 is 10.4 Å². The van der Waals surface area contributed by atoms with Crippen LogP contribution in [0, 0.1) is 0 Å². The Balaban J connectivity index is 2.01. The SMILES string of the molecule is O=C(C=Cc1cccs1)Nc1ccc(Cl)c(O)c1. The van der Waals surface area contributed by atoms with Crippen LogP contribution in [0.4, 0.5) is 5.69 Å². The van der Waals surface area contributed by atoms with Crippen LogP contribution in [0.1, 0.15) is 4.88 Å². The normalized spacial score (nSPS) is 10.7. The summed E-state index contributed by atoms with van der Waals surface area (Å²) in [5.41, 5.74) is 0.498. The summed E-state index contributed by atoms with van der Waals surface area (Å²) in [4.78, 5) is 12.6. The van der Waals surface area contributed by atoms with E-state index in [2.05, 4.69) is 5.32 Å². The lowest BCUT2D eigenvalue weighted by molar-refractivity contribution is -0.111. The van der Waals surface area contributed by atoms with Crippen LogP contribution in [0.5, 0.6) is 5.75 Å². The fourth-order valence-electron chi connectivity index (χ4n) is 1.32. The molecule has 0 aliphatic rings. The molecule has 0 aliphatic heterocycles. The van der Waals surface area contributed by atoms with E-state index in [1.54, 1.807) is 23.5 Å². The van der Waals surface area contributed by atoms with Gasteiger partial charge in [-0.3, -0.25) is 4.79 Å². The van der Waals surface area contributed by atoms with E-state index in [4.69, 9.17) is 11.6 Å². The Morgan fingerprint density at radius 3 is 2.89 bits per heavy atom. The Kier molecular flexibility index (Phi) is 4.02. The zero-order valence-electron chi connectivity index (χ0n) is 9.26. The fourth-order valence-corrected chi connectivity index (χ4v) is 2.05. The average Bonchev–Trinajstić information content (AvgIpc) is 2.84. The Morgan fingerprint density at radius 1 is 1.39 bits per heavy atom. The molecule has 0 saturated heterocycles. The molecule has 1 heterocycles. The molecule has 18 heavy (non-hydrogen) atoms. The summed E-state index contributed by atoms with van der Waals surface area (Å²) in [7, 11) is 0. The third kappa shape index (κ3) is 3.35. The Hall–Kier alpha value is -1.78. The summed E-state index contributed by atoms with van der Waals surface area (Å²) >= 11 is 7.22. The van der Waals surface area contributed by atoms with Gasteiger partial charge in [-0.1, -0.05) is 17.7 Å². The van der Waals surface area contributed by atoms with Gasteiger partial charge in [0.2, 0.25) is 5.91 Å². The van der Waals surface area contributed by atoms with Gasteiger partial charge in [0.1, 0.15) is 5.75 Å². The van der Waals surface area contributed by atoms with E-state index in [0.717, 1.165) is 4.88 Å². The Morgan fingerprint density at radius 2 is 2.22 bits per heavy atom. The maximum Gasteiger partial charge on any atom is 0.248 e. The lowest BCUT2D eigenvalue weighted by atomic mass is 10.3. The van der Waals surface area contributed by atoms with Crippen molar-refractivity contribution in [3.05, 3.63) is 51.7 Å². The van der Waals surface area contributed by atoms with Crippen molar-refractivity contribution in [2.75, 3.05) is 5.32 Å². The largest absolute Gasteiger partial charge is 0.506 e. The van der Waals surface area contributed by atoms with Gasteiger partial charge in [-0.05, 0) is 29.7 Å². The number of amides is 1. The number of hydrogen-bond acceptors (Lipinski definition) is 3. The highest BCUT2D eigenvalue weighted by Gasteiger charge is 2.02. The number of benzene rings is 1. The topological polar surface area (TPSA) is 49.3 Å². The number of anilines is 1. The molecule has 0 saturated carbocycles. The van der Waals surface area contributed by atoms with Gasteiger partial charge in [0.15, 0.2) is 0 Å². The summed E-state index contributed by atoms with van der Waals surface area (Å²) in [5.74, 6) is -0.318. The Bertz CT molecular complexity index is 579. The first-order chi connectivity index (χ1) is 8.65. The minimum Gasteiger partial charge on any atom is -0.506 e. The lowest BCUT2D eigenvalue weighted by Gasteiger charge is -2.03. The first-order valence-electron chi connectivity index (χ1n) is 5.16. The Labute approximate surface area is 113 Å². The predicted octanol–water partition coefficient (Wildman–Crippen LogP) is 3.76. The summed E-state index contributed by atoms with van der Waals surface area (Å²) < 4.78 is 0. The maximum atomic E-state index is 11.6. The molecule has 0 aliphatic carbocycles. The molecule has 0 fully saturated rings. The van der Waals surface area contributed by atoms with Crippen LogP contribution in [0.15, 0.2) is 41.8 Å². The molecule has 1 amide bonds. The van der Waals surface area contributed by atoms with Crippen molar-refractivity contribution in [3.63, 3.8) is 0 Å². The highest BCUT2D eigenvalue weighted by Crippen LogP contribution is 2.26. The number of carbonyl (C=O) groups is 1. The van der Waals surface area contributed by atoms with E-state index in [1.165, 1.54) is 18.2 Å². The number of aromatic hydroxyl groups is 1. The molecule has 1 aromatic carbocycles. The summed E-state index contributed by atoms with van der Waals surface area (Å²) in [6, 6.07) is 8.38. The fraction of sp³-hybridized carbons (Fsp3) is 0. The van der Waals surface area contributed by atoms with Crippen molar-refractivity contribution in [1.29, 1.82) is 0 Å². The zero-order valence-corrected chi connectivity index (χ0v) is 10.8. The minimum absolute atomic E-state index is 0.0586. The second-order valence-electron chi connectivity index (χ2n) is 3.50. The molecule has 3 nitrogen and oxygen atoms in total. The molecule has 92 valence electrons. The molecule has 2 aromatic rings. The van der Waals surface area contributed by atoms with E-state index < -0.39 is 0 Å². The molecule has 2 N–H and O–H groups in total. The number of carbonyl (C=O) groups excluding carboxylic acids is 1. The molecule has 2 rings (SSSR count). The highest BCUT2D eigenvalue weighted by atomic mass is 35.5. The first-order valence-corrected chi connectivity index (χ1v) is 6.42. The van der Waals surface area contributed by atoms with E-state index in [-0.39, 0.29) is 16.7 Å². The predicted molar refractivity (Wildman–Crippen MR) is 75.1 cm³/mol. The molecule has 0 atom stereocenters. The van der Waals surface area contributed by atoms with Crippen LogP contribution in [-0.4, -0.2) is 11.0 Å². The molecular formula is C13H10ClNO2S. The third-order valence-electron chi connectivity index (χ3n) is 2.16. The number of hydrogen-bond donors (Lipinski definition) is 2. The van der Waals surface area contributed by atoms with Crippen molar-refractivity contribution in [1.82, 2.24) is 0 Å². The number of nitrogens with one attached hydrogen (secondary N) is 1. The maximum absolute atomic E-state index is 11.6. The van der Waals surface area contributed by atoms with Gasteiger partial charge in [0, 0.05) is 22.7 Å². The number of rotatable bonds is 3. The number of thiophene rings is 1. The van der Waals surface area contributed by atoms with Gasteiger partial charge >= 0.3 is 0 Å². The lowest BCUT2D eigenvalue weighted by Crippen LogP contribution is -2.07. The highest BCUT2D eigenvalue weighted by molar-refractivity contribution is 7.10. The third-order valence-corrected chi connectivity index (χ3v) is 3.31. The zero-order chi connectivity index (χ0) is 13.0. The molecule has 0 unspecified atom stereocenters. The minimum atomic E-state index is -0.259. The van der Waals surface area contributed by atoms with Crippen LogP contribution < -0.4 is 5.32 Å². The monoisotopic (exact) mass is 279 g/mol. The van der Waals surface area contributed by atoms with Crippen molar-refractivity contribution in [2.24, 2.45) is 0 Å². The van der Waals surface area contributed by atoms with Crippen LogP contribution in [0.2, 0.25) is 5.02 Å². The summed E-state index contributed by atoms with van der Waals surface area (Å²) in [6.45, 7) is 0. The quantitative estimate of drug-likeness (QED) is 0.841. The standard InChI is InChI=1S/C13H10ClNO2S/c14-11-5-3-9(8-12(11)16)15-13(17)6-4-10-2-1-7-18-10/h1-8,16H,(H,15,17). The van der Waals surface area contributed by atoms with E-state index in [9.17, 15) is 9.90 Å². The van der Waals surface area contributed by atoms with Crippen molar-refractivity contribution >= 4 is 40.6 Å². The molecule has 0 radical (unpaired) electrons. The number of phenols is 1. The second kappa shape index (κ2) is 5.71. The van der Waals surface area contributed by atoms with E-state index in [1.807, 2.05) is 17.5 Å². The van der Waals surface area contributed by atoms with Crippen LogP contribution in [0.25, 0.3) is 6.08 Å². The van der Waals surface area contributed by atoms with Crippen molar-refractivity contribution in [3.8, 4) is 5.75 Å². The van der Waals surface area contributed by atoms with Gasteiger partial charge in [-0.2, -0.15) is 0 Å². The smallest absolute Gasteiger partial charge is 0.248 e. The average molecular weight is 280 g/mol. The van der Waals surface area contributed by atoms with Gasteiger partial charge in [0.05, 0.1) is 5.02 Å². The van der Waals surface area contributed by atoms with Crippen molar-refractivity contribution in [2.45, 2.75) is 0 Å². The number of halogens is 1. The van der Waals surface area contributed by atoms with Crippen LogP contribution in [-0.2, 0) is 4.79 Å². The molecule has 0 spiro atoms. The van der Waals surface area contributed by atoms with Crippen LogP contribution >= 0.6 is 22.9 Å². The van der Waals surface area contributed by atoms with Crippen LogP contribution in [0.3, 0.4) is 0 Å². The molecule has 0 bridgehead atoms. The van der Waals surface area contributed by atoms with Gasteiger partial charge in [-0.25, -0.2) is 0 Å². The summed E-state index contributed by atoms with van der Waals surface area (Å²) in [5, 5.41) is 14.2. The van der Waals surface area contributed by atoms with Crippen molar-refractivity contribution < 1.29 is 9.90 Å². The molecular weight excluding hydrogens is 270 g/mol.